The van der Waals surface area contributed by atoms with Crippen molar-refractivity contribution in [1.82, 2.24) is 10.6 Å². The van der Waals surface area contributed by atoms with Crippen LogP contribution in [0.3, 0.4) is 0 Å². The van der Waals surface area contributed by atoms with Gasteiger partial charge < -0.3 is 37.3 Å². The molecule has 13 heteroatoms. The maximum Gasteiger partial charge on any atom is 0.224 e. The first-order valence-corrected chi connectivity index (χ1v) is 22.3. The first-order valence-electron chi connectivity index (χ1n) is 22.3. The third-order valence-corrected chi connectivity index (χ3v) is 11.4. The summed E-state index contributed by atoms with van der Waals surface area (Å²) in [5.74, 6) is -2.78. The number of benzene rings is 3. The number of carbonyl (C=O) groups excluding carboxylic acids is 5. The van der Waals surface area contributed by atoms with Gasteiger partial charge in [0.1, 0.15) is 30.8 Å². The van der Waals surface area contributed by atoms with Gasteiger partial charge in [-0.25, -0.2) is 0 Å². The second-order valence-electron chi connectivity index (χ2n) is 16.2. The molecule has 4 atom stereocenters. The van der Waals surface area contributed by atoms with Crippen LogP contribution in [0.25, 0.3) is 11.1 Å². The van der Waals surface area contributed by atoms with Crippen molar-refractivity contribution in [2.75, 3.05) is 32.8 Å². The molecule has 334 valence electrons. The van der Waals surface area contributed by atoms with E-state index in [-0.39, 0.29) is 89.4 Å². The number of unbranched alkanes of at least 4 members (excludes halogenated alkanes) is 4. The van der Waals surface area contributed by atoms with Gasteiger partial charge >= 0.3 is 0 Å². The molecular formula is C49H66N6O7. The minimum Gasteiger partial charge on any atom is -0.492 e. The monoisotopic (exact) mass is 850 g/mol. The highest BCUT2D eigenvalue weighted by molar-refractivity contribution is 6.01. The van der Waals surface area contributed by atoms with Gasteiger partial charge in [-0.05, 0) is 92.1 Å². The van der Waals surface area contributed by atoms with Crippen molar-refractivity contribution in [2.24, 2.45) is 29.0 Å². The van der Waals surface area contributed by atoms with Crippen LogP contribution in [-0.4, -0.2) is 68.1 Å². The number of ether oxygens (including phenoxy) is 2. The molecule has 1 aliphatic rings. The van der Waals surface area contributed by atoms with E-state index in [1.54, 1.807) is 37.3 Å². The van der Waals surface area contributed by atoms with Gasteiger partial charge in [0.25, 0.3) is 0 Å². The van der Waals surface area contributed by atoms with Crippen LogP contribution in [0.1, 0.15) is 123 Å². The highest BCUT2D eigenvalue weighted by atomic mass is 16.5. The molecule has 8 N–H and O–H groups in total. The molecule has 0 saturated heterocycles. The fourth-order valence-corrected chi connectivity index (χ4v) is 7.95. The predicted molar refractivity (Wildman–Crippen MR) is 241 cm³/mol. The van der Waals surface area contributed by atoms with Gasteiger partial charge in [-0.1, -0.05) is 69.9 Å². The fourth-order valence-electron chi connectivity index (χ4n) is 7.95. The lowest BCUT2D eigenvalue weighted by Crippen LogP contribution is -2.46. The Morgan fingerprint density at radius 1 is 0.871 bits per heavy atom. The molecule has 0 fully saturated rings. The predicted octanol–water partition coefficient (Wildman–Crippen LogP) is 6.14. The lowest BCUT2D eigenvalue weighted by Gasteiger charge is -2.26. The van der Waals surface area contributed by atoms with Crippen LogP contribution >= 0.6 is 0 Å². The van der Waals surface area contributed by atoms with E-state index in [4.69, 9.17) is 26.7 Å². The van der Waals surface area contributed by atoms with E-state index in [1.807, 2.05) is 37.3 Å². The maximum atomic E-state index is 14.6. The standard InChI is InChI=1S/C49H66N6O7/c1-4-6-7-8-9-11-33-13-16-38(32(3)26-33)43(57)31-37(19-21-51)49(60)55-47-36-15-18-46(62-25-23-53)40(29-36)39-27-34(14-17-45(39)61-24-22-52)28-41(42(56)12-10-20-50)54-48(59)35(5-2)30-44(47)58/h13-18,26-27,29,35,37,41,47H,4-12,19,21-25,28,30-31,51-53H2,1-3H3,(H,54,59)(H,55,60)/t35-,37-,41+,47+/m1/s1. The molecule has 13 nitrogen and oxygen atoms in total. The number of ketones is 3. The Labute approximate surface area is 366 Å². The van der Waals surface area contributed by atoms with Crippen molar-refractivity contribution in [3.05, 3.63) is 82.4 Å². The summed E-state index contributed by atoms with van der Waals surface area (Å²) >= 11 is 0. The molecule has 4 bridgehead atoms. The lowest BCUT2D eigenvalue weighted by molar-refractivity contribution is -0.134. The lowest BCUT2D eigenvalue weighted by atomic mass is 9.87. The van der Waals surface area contributed by atoms with Crippen LogP contribution in [0.5, 0.6) is 11.5 Å². The van der Waals surface area contributed by atoms with Gasteiger partial charge in [0.05, 0.1) is 12.1 Å². The summed E-state index contributed by atoms with van der Waals surface area (Å²) < 4.78 is 12.2. The molecule has 3 aromatic carbocycles. The number of nitrogens with two attached hydrogens (primary N) is 3. The van der Waals surface area contributed by atoms with Crippen LogP contribution in [0.15, 0.2) is 54.6 Å². The summed E-state index contributed by atoms with van der Waals surface area (Å²) in [5, 5.41) is 15.1. The van der Waals surface area contributed by atoms with Gasteiger partial charge in [0.15, 0.2) is 17.3 Å². The number of hydrogen-bond donors (Lipinski definition) is 5. The van der Waals surface area contributed by atoms with Gasteiger partial charge in [-0.15, -0.1) is 0 Å². The zero-order valence-electron chi connectivity index (χ0n) is 36.8. The zero-order valence-corrected chi connectivity index (χ0v) is 36.8. The van der Waals surface area contributed by atoms with E-state index in [0.29, 0.717) is 39.3 Å². The van der Waals surface area contributed by atoms with E-state index in [0.717, 1.165) is 24.8 Å². The molecule has 0 spiro atoms. The SMILES string of the molecule is CCCCCCCc1ccc(C(=O)C[C@@H](CCN)C(=O)N[C@@H]2C(=O)C[C@@H](CC)C(=O)N[C@H](C(=O)CCC#N)Cc3ccc(OCCN)c(c3)-c3cc2ccc3OCCN)c(C)c1. The molecular weight excluding hydrogens is 785 g/mol. The average molecular weight is 851 g/mol. The second-order valence-corrected chi connectivity index (χ2v) is 16.2. The number of Topliss-reactive ketones (excluding diaryl/α,β-unsaturated/α-hetero) is 3. The molecule has 4 rings (SSSR count). The van der Waals surface area contributed by atoms with E-state index in [2.05, 4.69) is 17.6 Å². The number of amides is 2. The Morgan fingerprint density at radius 3 is 2.21 bits per heavy atom. The summed E-state index contributed by atoms with van der Waals surface area (Å²) in [5.41, 5.74) is 22.5. The topological polar surface area (TPSA) is 230 Å². The van der Waals surface area contributed by atoms with E-state index in [9.17, 15) is 29.2 Å². The zero-order chi connectivity index (χ0) is 45.0. The number of rotatable bonds is 23. The summed E-state index contributed by atoms with van der Waals surface area (Å²) in [6, 6.07) is 16.2. The minimum absolute atomic E-state index is 0.0179. The normalized spacial score (nSPS) is 17.0. The summed E-state index contributed by atoms with van der Waals surface area (Å²) in [7, 11) is 0. The van der Waals surface area contributed by atoms with Gasteiger partial charge in [0.2, 0.25) is 11.8 Å². The Balaban J connectivity index is 1.77. The van der Waals surface area contributed by atoms with Crippen molar-refractivity contribution in [2.45, 2.75) is 116 Å². The van der Waals surface area contributed by atoms with E-state index in [1.165, 1.54) is 24.8 Å². The Morgan fingerprint density at radius 2 is 1.56 bits per heavy atom. The van der Waals surface area contributed by atoms with Crippen molar-refractivity contribution in [1.29, 1.82) is 5.26 Å². The minimum atomic E-state index is -1.24. The highest BCUT2D eigenvalue weighted by Crippen LogP contribution is 2.40. The number of nitrogens with zero attached hydrogens (tertiary/aromatic N) is 1. The van der Waals surface area contributed by atoms with Gasteiger partial charge in [-0.3, -0.25) is 24.0 Å². The van der Waals surface area contributed by atoms with Crippen LogP contribution in [-0.2, 0) is 32.0 Å². The summed E-state index contributed by atoms with van der Waals surface area (Å²) in [4.78, 5) is 70.2. The van der Waals surface area contributed by atoms with E-state index >= 15 is 0 Å². The van der Waals surface area contributed by atoms with Crippen LogP contribution in [0.2, 0.25) is 0 Å². The molecule has 1 aliphatic heterocycles. The van der Waals surface area contributed by atoms with Gasteiger partial charge in [0, 0.05) is 67.3 Å². The van der Waals surface area contributed by atoms with Crippen LogP contribution in [0, 0.1) is 30.1 Å². The fraction of sp³-hybridized carbons (Fsp3) is 0.510. The second kappa shape index (κ2) is 25.5. The third kappa shape index (κ3) is 14.1. The maximum absolute atomic E-state index is 14.6. The van der Waals surface area contributed by atoms with Crippen LogP contribution in [0.4, 0.5) is 0 Å². The number of hydrogen-bond acceptors (Lipinski definition) is 11. The Kier molecular flexibility index (Phi) is 20.3. The molecule has 2 amide bonds. The molecule has 3 aromatic rings. The Hall–Kier alpha value is -5.42. The molecule has 62 heavy (non-hydrogen) atoms. The number of carbonyl (C=O) groups is 5. The molecule has 0 aliphatic carbocycles. The average Bonchev–Trinajstić information content (AvgIpc) is 3.26. The number of aryl methyl sites for hydroxylation is 2. The Bertz CT molecular complexity index is 2040. The molecule has 1 heterocycles. The molecule has 0 aromatic heterocycles. The number of fused-ring (bicyclic) bond motifs is 5. The molecule has 0 saturated carbocycles. The quantitative estimate of drug-likeness (QED) is 0.0537. The van der Waals surface area contributed by atoms with Crippen LogP contribution < -0.4 is 37.3 Å². The third-order valence-electron chi connectivity index (χ3n) is 11.4. The first kappa shape index (κ1) is 49.2. The summed E-state index contributed by atoms with van der Waals surface area (Å²) in [6.07, 6.45) is 6.93. The van der Waals surface area contributed by atoms with Crippen molar-refractivity contribution in [3.63, 3.8) is 0 Å². The van der Waals surface area contributed by atoms with E-state index < -0.39 is 41.5 Å². The smallest absolute Gasteiger partial charge is 0.224 e. The van der Waals surface area contributed by atoms with Crippen molar-refractivity contribution < 1.29 is 33.4 Å². The molecule has 0 unspecified atom stereocenters. The molecule has 0 radical (unpaired) electrons. The van der Waals surface area contributed by atoms with Crippen molar-refractivity contribution >= 4 is 29.2 Å². The highest BCUT2D eigenvalue weighted by Gasteiger charge is 2.33. The largest absolute Gasteiger partial charge is 0.492 e. The summed E-state index contributed by atoms with van der Waals surface area (Å²) in [6.45, 7) is 6.84. The number of nitriles is 1. The van der Waals surface area contributed by atoms with Gasteiger partial charge in [-0.2, -0.15) is 5.26 Å². The van der Waals surface area contributed by atoms with Crippen molar-refractivity contribution in [3.8, 4) is 28.7 Å². The first-order chi connectivity index (χ1) is 30.0. The number of nitrogens with one attached hydrogen (secondary N) is 2.